The number of para-hydroxylation sites is 1. The molecule has 1 fully saturated rings. The van der Waals surface area contributed by atoms with E-state index >= 15 is 0 Å². The summed E-state index contributed by atoms with van der Waals surface area (Å²) in [5, 5.41) is 0. The Balaban J connectivity index is 2.14. The van der Waals surface area contributed by atoms with Crippen molar-refractivity contribution in [3.05, 3.63) is 29.8 Å². The highest BCUT2D eigenvalue weighted by molar-refractivity contribution is 5.97. The van der Waals surface area contributed by atoms with Crippen LogP contribution in [0, 0.1) is 5.92 Å². The van der Waals surface area contributed by atoms with E-state index in [4.69, 9.17) is 10.6 Å². The number of hydrogen-bond donors (Lipinski definition) is 2. The number of carbonyl (C=O) groups excluding carboxylic acids is 2. The van der Waals surface area contributed by atoms with Crippen molar-refractivity contribution in [3.63, 3.8) is 0 Å². The van der Waals surface area contributed by atoms with E-state index in [1.165, 1.54) is 7.11 Å². The fourth-order valence-corrected chi connectivity index (χ4v) is 2.49. The Morgan fingerprint density at radius 1 is 1.40 bits per heavy atom. The maximum Gasteiger partial charge on any atom is 0.257 e. The normalized spacial score (nSPS) is 18.5. The van der Waals surface area contributed by atoms with E-state index in [9.17, 15) is 9.59 Å². The molecule has 1 aromatic carbocycles. The second-order valence-electron chi connectivity index (χ2n) is 4.80. The fourth-order valence-electron chi connectivity index (χ4n) is 2.49. The lowest BCUT2D eigenvalue weighted by atomic mass is 9.96. The number of carbonyl (C=O) groups is 2. The van der Waals surface area contributed by atoms with Crippen molar-refractivity contribution in [2.75, 3.05) is 20.2 Å². The van der Waals surface area contributed by atoms with Gasteiger partial charge in [0.2, 0.25) is 5.91 Å². The summed E-state index contributed by atoms with van der Waals surface area (Å²) in [5.74, 6) is 5.13. The van der Waals surface area contributed by atoms with Gasteiger partial charge in [-0.1, -0.05) is 12.1 Å². The SMILES string of the molecule is COc1ccccc1C(=O)N1CCCC(C(=O)NN)C1. The molecule has 0 aromatic heterocycles. The number of amides is 2. The molecule has 1 atom stereocenters. The van der Waals surface area contributed by atoms with E-state index in [-0.39, 0.29) is 17.7 Å². The molecule has 2 amide bonds. The summed E-state index contributed by atoms with van der Waals surface area (Å²) >= 11 is 0. The quantitative estimate of drug-likeness (QED) is 0.480. The number of rotatable bonds is 3. The predicted octanol–water partition coefficient (Wildman–Crippen LogP) is 0.537. The van der Waals surface area contributed by atoms with E-state index in [1.54, 1.807) is 23.1 Å². The standard InChI is InChI=1S/C14H19N3O3/c1-20-12-7-3-2-6-11(12)14(19)17-8-4-5-10(9-17)13(18)16-15/h2-3,6-7,10H,4-5,8-9,15H2,1H3,(H,16,18). The molecule has 1 heterocycles. The molecule has 108 valence electrons. The summed E-state index contributed by atoms with van der Waals surface area (Å²) in [6.07, 6.45) is 1.54. The maximum absolute atomic E-state index is 12.5. The highest BCUT2D eigenvalue weighted by Crippen LogP contribution is 2.23. The fraction of sp³-hybridized carbons (Fsp3) is 0.429. The average Bonchev–Trinajstić information content (AvgIpc) is 2.53. The van der Waals surface area contributed by atoms with Gasteiger partial charge in [0.05, 0.1) is 18.6 Å². The van der Waals surface area contributed by atoms with Crippen LogP contribution in [-0.2, 0) is 4.79 Å². The zero-order valence-corrected chi connectivity index (χ0v) is 11.5. The second kappa shape index (κ2) is 6.38. The summed E-state index contributed by atoms with van der Waals surface area (Å²) in [5.41, 5.74) is 2.67. The molecule has 0 spiro atoms. The molecule has 1 aliphatic heterocycles. The molecule has 1 aromatic rings. The van der Waals surface area contributed by atoms with Crippen LogP contribution in [0.4, 0.5) is 0 Å². The van der Waals surface area contributed by atoms with Crippen molar-refractivity contribution in [2.24, 2.45) is 11.8 Å². The van der Waals surface area contributed by atoms with Crippen LogP contribution in [0.15, 0.2) is 24.3 Å². The zero-order valence-electron chi connectivity index (χ0n) is 11.5. The number of nitrogens with two attached hydrogens (primary N) is 1. The van der Waals surface area contributed by atoms with E-state index in [0.717, 1.165) is 12.8 Å². The van der Waals surface area contributed by atoms with E-state index in [2.05, 4.69) is 5.43 Å². The van der Waals surface area contributed by atoms with Gasteiger partial charge in [0.25, 0.3) is 5.91 Å². The molecule has 0 bridgehead atoms. The van der Waals surface area contributed by atoms with Gasteiger partial charge in [0.1, 0.15) is 5.75 Å². The number of likely N-dealkylation sites (tertiary alicyclic amines) is 1. The number of hydrazine groups is 1. The summed E-state index contributed by atoms with van der Waals surface area (Å²) in [6.45, 7) is 1.03. The van der Waals surface area contributed by atoms with Gasteiger partial charge >= 0.3 is 0 Å². The van der Waals surface area contributed by atoms with Crippen molar-refractivity contribution in [3.8, 4) is 5.75 Å². The third-order valence-electron chi connectivity index (χ3n) is 3.56. The first-order valence-electron chi connectivity index (χ1n) is 6.60. The number of hydrogen-bond acceptors (Lipinski definition) is 4. The molecule has 20 heavy (non-hydrogen) atoms. The Morgan fingerprint density at radius 2 is 2.15 bits per heavy atom. The van der Waals surface area contributed by atoms with Crippen molar-refractivity contribution >= 4 is 11.8 Å². The first-order chi connectivity index (χ1) is 9.67. The Morgan fingerprint density at radius 3 is 2.85 bits per heavy atom. The molecular weight excluding hydrogens is 258 g/mol. The zero-order chi connectivity index (χ0) is 14.5. The van der Waals surface area contributed by atoms with Crippen molar-refractivity contribution < 1.29 is 14.3 Å². The predicted molar refractivity (Wildman–Crippen MR) is 74.0 cm³/mol. The number of benzene rings is 1. The lowest BCUT2D eigenvalue weighted by molar-refractivity contribution is -0.126. The second-order valence-corrected chi connectivity index (χ2v) is 4.80. The Kier molecular flexibility index (Phi) is 4.57. The van der Waals surface area contributed by atoms with E-state index in [0.29, 0.717) is 24.4 Å². The molecule has 0 radical (unpaired) electrons. The molecular formula is C14H19N3O3. The minimum Gasteiger partial charge on any atom is -0.496 e. The molecule has 1 saturated heterocycles. The number of piperidine rings is 1. The highest BCUT2D eigenvalue weighted by atomic mass is 16.5. The lowest BCUT2D eigenvalue weighted by Gasteiger charge is -2.32. The topological polar surface area (TPSA) is 84.7 Å². The van der Waals surface area contributed by atoms with Gasteiger partial charge in [0.15, 0.2) is 0 Å². The van der Waals surface area contributed by atoms with Gasteiger partial charge in [-0.2, -0.15) is 0 Å². The van der Waals surface area contributed by atoms with Gasteiger partial charge in [-0.15, -0.1) is 0 Å². The minimum atomic E-state index is -0.243. The third-order valence-corrected chi connectivity index (χ3v) is 3.56. The van der Waals surface area contributed by atoms with E-state index in [1.807, 2.05) is 6.07 Å². The molecule has 1 aliphatic rings. The van der Waals surface area contributed by atoms with Gasteiger partial charge in [-0.3, -0.25) is 15.0 Å². The Hall–Kier alpha value is -2.08. The first kappa shape index (κ1) is 14.3. The highest BCUT2D eigenvalue weighted by Gasteiger charge is 2.29. The van der Waals surface area contributed by atoms with Crippen LogP contribution in [0.25, 0.3) is 0 Å². The first-order valence-corrected chi connectivity index (χ1v) is 6.60. The van der Waals surface area contributed by atoms with E-state index < -0.39 is 0 Å². The maximum atomic E-state index is 12.5. The molecule has 6 heteroatoms. The summed E-state index contributed by atoms with van der Waals surface area (Å²) in [4.78, 5) is 25.8. The van der Waals surface area contributed by atoms with Crippen LogP contribution < -0.4 is 16.0 Å². The summed E-state index contributed by atoms with van der Waals surface area (Å²) < 4.78 is 5.21. The van der Waals surface area contributed by atoms with Crippen LogP contribution in [0.3, 0.4) is 0 Å². The van der Waals surface area contributed by atoms with Gasteiger partial charge in [-0.05, 0) is 25.0 Å². The molecule has 6 nitrogen and oxygen atoms in total. The Labute approximate surface area is 117 Å². The molecule has 1 unspecified atom stereocenters. The molecule has 2 rings (SSSR count). The largest absolute Gasteiger partial charge is 0.496 e. The number of nitrogens with zero attached hydrogens (tertiary/aromatic N) is 1. The molecule has 0 saturated carbocycles. The smallest absolute Gasteiger partial charge is 0.257 e. The van der Waals surface area contributed by atoms with Crippen LogP contribution in [0.1, 0.15) is 23.2 Å². The van der Waals surface area contributed by atoms with Crippen LogP contribution in [-0.4, -0.2) is 36.9 Å². The number of nitrogens with one attached hydrogen (secondary N) is 1. The third kappa shape index (κ3) is 2.91. The summed E-state index contributed by atoms with van der Waals surface area (Å²) in [6, 6.07) is 7.09. The minimum absolute atomic E-state index is 0.114. The van der Waals surface area contributed by atoms with Crippen molar-refractivity contribution in [1.29, 1.82) is 0 Å². The number of ether oxygens (including phenoxy) is 1. The average molecular weight is 277 g/mol. The van der Waals surface area contributed by atoms with Crippen LogP contribution >= 0.6 is 0 Å². The van der Waals surface area contributed by atoms with Gasteiger partial charge < -0.3 is 9.64 Å². The number of methoxy groups -OCH3 is 1. The summed E-state index contributed by atoms with van der Waals surface area (Å²) in [7, 11) is 1.53. The molecule has 0 aliphatic carbocycles. The van der Waals surface area contributed by atoms with Crippen LogP contribution in [0.2, 0.25) is 0 Å². The lowest BCUT2D eigenvalue weighted by Crippen LogP contribution is -2.47. The Bertz CT molecular complexity index is 504. The van der Waals surface area contributed by atoms with Crippen LogP contribution in [0.5, 0.6) is 5.75 Å². The van der Waals surface area contributed by atoms with Gasteiger partial charge in [0, 0.05) is 13.1 Å². The van der Waals surface area contributed by atoms with Crippen molar-refractivity contribution in [2.45, 2.75) is 12.8 Å². The van der Waals surface area contributed by atoms with Gasteiger partial charge in [-0.25, -0.2) is 5.84 Å². The monoisotopic (exact) mass is 277 g/mol. The molecule has 3 N–H and O–H groups in total. The van der Waals surface area contributed by atoms with Crippen molar-refractivity contribution in [1.82, 2.24) is 10.3 Å².